The fourth-order valence-corrected chi connectivity index (χ4v) is 0.864. The van der Waals surface area contributed by atoms with Crippen LogP contribution in [0.2, 0.25) is 0 Å². The number of hydrogen-bond acceptors (Lipinski definition) is 2. The van der Waals surface area contributed by atoms with E-state index >= 15 is 0 Å². The van der Waals surface area contributed by atoms with Gasteiger partial charge in [0, 0.05) is 6.54 Å². The van der Waals surface area contributed by atoms with Crippen molar-refractivity contribution in [1.29, 1.82) is 0 Å². The number of carbonyl (C=O) groups is 2. The molecule has 0 aromatic heterocycles. The maximum atomic E-state index is 10.8. The van der Waals surface area contributed by atoms with Crippen LogP contribution in [0.25, 0.3) is 0 Å². The van der Waals surface area contributed by atoms with E-state index in [0.717, 1.165) is 6.29 Å². The largest absolute Gasteiger partial charge is 0.355 e. The van der Waals surface area contributed by atoms with Gasteiger partial charge in [-0.1, -0.05) is 0 Å². The second-order valence-corrected chi connectivity index (χ2v) is 2.54. The number of rotatable bonds is 1. The first-order chi connectivity index (χ1) is 4.19. The van der Waals surface area contributed by atoms with E-state index in [1.165, 1.54) is 0 Å². The van der Waals surface area contributed by atoms with Crippen LogP contribution >= 0.6 is 0 Å². The number of carbonyl (C=O) groups excluding carboxylic acids is 2. The minimum atomic E-state index is -0.736. The molecule has 1 fully saturated rings. The molecular formula is C6H9NO2. The second kappa shape index (κ2) is 1.83. The second-order valence-electron chi connectivity index (χ2n) is 2.54. The van der Waals surface area contributed by atoms with Crippen LogP contribution in [0.1, 0.15) is 13.3 Å². The van der Waals surface area contributed by atoms with Gasteiger partial charge >= 0.3 is 0 Å². The van der Waals surface area contributed by atoms with Crippen molar-refractivity contribution in [3.63, 3.8) is 0 Å². The summed E-state index contributed by atoms with van der Waals surface area (Å²) in [5.74, 6) is -0.141. The summed E-state index contributed by atoms with van der Waals surface area (Å²) in [6, 6.07) is 0. The Morgan fingerprint density at radius 3 is 2.67 bits per heavy atom. The molecule has 3 heteroatoms. The van der Waals surface area contributed by atoms with Crippen LogP contribution in [-0.4, -0.2) is 18.7 Å². The van der Waals surface area contributed by atoms with E-state index in [1.807, 2.05) is 0 Å². The van der Waals surface area contributed by atoms with Crippen molar-refractivity contribution in [2.24, 2.45) is 5.41 Å². The molecule has 9 heavy (non-hydrogen) atoms. The molecule has 1 N–H and O–H groups in total. The predicted molar refractivity (Wildman–Crippen MR) is 31.8 cm³/mol. The summed E-state index contributed by atoms with van der Waals surface area (Å²) < 4.78 is 0. The van der Waals surface area contributed by atoms with Crippen molar-refractivity contribution in [1.82, 2.24) is 5.32 Å². The van der Waals surface area contributed by atoms with E-state index in [-0.39, 0.29) is 5.91 Å². The normalized spacial score (nSPS) is 34.1. The molecule has 3 nitrogen and oxygen atoms in total. The predicted octanol–water partition coefficient (Wildman–Crippen LogP) is -0.289. The molecule has 0 aromatic carbocycles. The maximum absolute atomic E-state index is 10.8. The van der Waals surface area contributed by atoms with Crippen LogP contribution in [0.3, 0.4) is 0 Å². The Hall–Kier alpha value is -0.860. The zero-order chi connectivity index (χ0) is 6.91. The molecule has 1 saturated heterocycles. The maximum Gasteiger partial charge on any atom is 0.233 e. The van der Waals surface area contributed by atoms with Crippen molar-refractivity contribution in [3.8, 4) is 0 Å². The average molecular weight is 127 g/mol. The monoisotopic (exact) mass is 127 g/mol. The van der Waals surface area contributed by atoms with Gasteiger partial charge in [0.15, 0.2) is 0 Å². The van der Waals surface area contributed by atoms with Gasteiger partial charge in [0.25, 0.3) is 0 Å². The van der Waals surface area contributed by atoms with Crippen molar-refractivity contribution in [2.75, 3.05) is 6.54 Å². The van der Waals surface area contributed by atoms with E-state index in [4.69, 9.17) is 0 Å². The highest BCUT2D eigenvalue weighted by molar-refractivity contribution is 5.97. The van der Waals surface area contributed by atoms with Gasteiger partial charge in [-0.15, -0.1) is 0 Å². The summed E-state index contributed by atoms with van der Waals surface area (Å²) in [5.41, 5.74) is -0.736. The van der Waals surface area contributed by atoms with E-state index in [1.54, 1.807) is 6.92 Å². The highest BCUT2D eigenvalue weighted by atomic mass is 16.2. The summed E-state index contributed by atoms with van der Waals surface area (Å²) in [5, 5.41) is 2.59. The average Bonchev–Trinajstić information content (AvgIpc) is 2.15. The van der Waals surface area contributed by atoms with Gasteiger partial charge in [-0.05, 0) is 13.3 Å². The minimum Gasteiger partial charge on any atom is -0.355 e. The Bertz CT molecular complexity index is 155. The first kappa shape index (κ1) is 6.26. The molecule has 1 atom stereocenters. The quantitative estimate of drug-likeness (QED) is 0.388. The van der Waals surface area contributed by atoms with Crippen LogP contribution < -0.4 is 5.32 Å². The Balaban J connectivity index is 2.78. The molecule has 1 aliphatic heterocycles. The third-order valence-electron chi connectivity index (χ3n) is 1.71. The number of aldehydes is 1. The molecule has 1 aliphatic rings. The van der Waals surface area contributed by atoms with E-state index < -0.39 is 5.41 Å². The minimum absolute atomic E-state index is 0.141. The van der Waals surface area contributed by atoms with Crippen LogP contribution in [0, 0.1) is 5.41 Å². The smallest absolute Gasteiger partial charge is 0.233 e. The van der Waals surface area contributed by atoms with Crippen LogP contribution in [0.15, 0.2) is 0 Å². The Kier molecular flexibility index (Phi) is 1.27. The molecule has 0 spiro atoms. The lowest BCUT2D eigenvalue weighted by atomic mass is 9.91. The third kappa shape index (κ3) is 0.823. The third-order valence-corrected chi connectivity index (χ3v) is 1.71. The molecule has 1 amide bonds. The zero-order valence-electron chi connectivity index (χ0n) is 5.31. The summed E-state index contributed by atoms with van der Waals surface area (Å²) in [6.45, 7) is 2.29. The van der Waals surface area contributed by atoms with Crippen LogP contribution in [0.4, 0.5) is 0 Å². The molecule has 0 bridgehead atoms. The van der Waals surface area contributed by atoms with Crippen LogP contribution in [0.5, 0.6) is 0 Å². The molecule has 0 saturated carbocycles. The van der Waals surface area contributed by atoms with Gasteiger partial charge in [0.1, 0.15) is 11.7 Å². The molecule has 1 heterocycles. The van der Waals surface area contributed by atoms with E-state index in [2.05, 4.69) is 5.32 Å². The van der Waals surface area contributed by atoms with Gasteiger partial charge in [-0.25, -0.2) is 0 Å². The van der Waals surface area contributed by atoms with Gasteiger partial charge < -0.3 is 10.1 Å². The number of hydrogen-bond donors (Lipinski definition) is 1. The number of nitrogens with one attached hydrogen (secondary N) is 1. The highest BCUT2D eigenvalue weighted by Crippen LogP contribution is 2.21. The van der Waals surface area contributed by atoms with Gasteiger partial charge in [-0.2, -0.15) is 0 Å². The first-order valence-electron chi connectivity index (χ1n) is 2.94. The summed E-state index contributed by atoms with van der Waals surface area (Å²) in [4.78, 5) is 21.1. The van der Waals surface area contributed by atoms with Gasteiger partial charge in [0.2, 0.25) is 5.91 Å². The summed E-state index contributed by atoms with van der Waals surface area (Å²) >= 11 is 0. The molecule has 1 rings (SSSR count). The van der Waals surface area contributed by atoms with Crippen LogP contribution in [-0.2, 0) is 9.59 Å². The van der Waals surface area contributed by atoms with Crippen molar-refractivity contribution in [2.45, 2.75) is 13.3 Å². The standard InChI is InChI=1S/C6H9NO2/c1-6(4-8)2-3-7-5(6)9/h4H,2-3H2,1H3,(H,7,9). The molecule has 1 unspecified atom stereocenters. The highest BCUT2D eigenvalue weighted by Gasteiger charge is 2.36. The summed E-state index contributed by atoms with van der Waals surface area (Å²) in [6.07, 6.45) is 1.35. The Morgan fingerprint density at radius 2 is 2.44 bits per heavy atom. The summed E-state index contributed by atoms with van der Waals surface area (Å²) in [7, 11) is 0. The Labute approximate surface area is 53.4 Å². The fourth-order valence-electron chi connectivity index (χ4n) is 0.864. The molecule has 0 radical (unpaired) electrons. The molecule has 0 aromatic rings. The zero-order valence-corrected chi connectivity index (χ0v) is 5.31. The lowest BCUT2D eigenvalue weighted by molar-refractivity contribution is -0.132. The topological polar surface area (TPSA) is 46.2 Å². The lowest BCUT2D eigenvalue weighted by Gasteiger charge is -2.08. The van der Waals surface area contributed by atoms with Crippen molar-refractivity contribution < 1.29 is 9.59 Å². The first-order valence-corrected chi connectivity index (χ1v) is 2.94. The molecule has 0 aliphatic carbocycles. The lowest BCUT2D eigenvalue weighted by Crippen LogP contribution is -2.29. The molecular weight excluding hydrogens is 118 g/mol. The molecule has 50 valence electrons. The SMILES string of the molecule is CC1(C=O)CCNC1=O. The number of amides is 1. The van der Waals surface area contributed by atoms with Crippen molar-refractivity contribution in [3.05, 3.63) is 0 Å². The Morgan fingerprint density at radius 1 is 1.78 bits per heavy atom. The fraction of sp³-hybridized carbons (Fsp3) is 0.667. The van der Waals surface area contributed by atoms with Crippen molar-refractivity contribution >= 4 is 12.2 Å². The van der Waals surface area contributed by atoms with E-state index in [9.17, 15) is 9.59 Å². The van der Waals surface area contributed by atoms with Gasteiger partial charge in [-0.3, -0.25) is 4.79 Å². The van der Waals surface area contributed by atoms with E-state index in [0.29, 0.717) is 13.0 Å². The van der Waals surface area contributed by atoms with Gasteiger partial charge in [0.05, 0.1) is 0 Å².